The maximum absolute atomic E-state index is 11.8. The Morgan fingerprint density at radius 1 is 1.35 bits per heavy atom. The van der Waals surface area contributed by atoms with E-state index < -0.39 is 12.0 Å². The first-order chi connectivity index (χ1) is 9.49. The predicted molar refractivity (Wildman–Crippen MR) is 75.3 cm³/mol. The van der Waals surface area contributed by atoms with Gasteiger partial charge in [0.25, 0.3) is 0 Å². The number of nitrogens with one attached hydrogen (secondary N) is 3. The molecule has 0 unspecified atom stereocenters. The van der Waals surface area contributed by atoms with Gasteiger partial charge >= 0.3 is 5.97 Å². The summed E-state index contributed by atoms with van der Waals surface area (Å²) in [5.74, 6) is -0.928. The summed E-state index contributed by atoms with van der Waals surface area (Å²) in [5, 5.41) is 21.3. The SMILES string of the molecule is N=C(N)NCCC[C@H](NC(=O)CC1CCCC1)C(=O)O. The van der Waals surface area contributed by atoms with E-state index in [0.717, 1.165) is 25.7 Å². The Labute approximate surface area is 118 Å². The number of carboxylic acids is 1. The summed E-state index contributed by atoms with van der Waals surface area (Å²) in [6, 6.07) is -0.863. The van der Waals surface area contributed by atoms with Crippen LogP contribution in [0.1, 0.15) is 44.9 Å². The fourth-order valence-corrected chi connectivity index (χ4v) is 2.52. The molecule has 1 saturated carbocycles. The first kappa shape index (κ1) is 16.3. The van der Waals surface area contributed by atoms with Crippen LogP contribution in [0.4, 0.5) is 0 Å². The molecule has 1 aliphatic carbocycles. The molecule has 1 rings (SSSR count). The van der Waals surface area contributed by atoms with Crippen molar-refractivity contribution in [3.05, 3.63) is 0 Å². The van der Waals surface area contributed by atoms with E-state index in [4.69, 9.17) is 16.2 Å². The Balaban J connectivity index is 2.28. The predicted octanol–water partition coefficient (Wildman–Crippen LogP) is 0.399. The van der Waals surface area contributed by atoms with Crippen LogP contribution in [-0.4, -0.2) is 35.5 Å². The molecule has 0 radical (unpaired) electrons. The van der Waals surface area contributed by atoms with Crippen LogP contribution in [0.2, 0.25) is 0 Å². The summed E-state index contributed by atoms with van der Waals surface area (Å²) in [7, 11) is 0. The van der Waals surface area contributed by atoms with Gasteiger partial charge in [0.15, 0.2) is 5.96 Å². The number of amides is 1. The Bertz CT molecular complexity index is 354. The highest BCUT2D eigenvalue weighted by Crippen LogP contribution is 2.27. The lowest BCUT2D eigenvalue weighted by atomic mass is 10.0. The number of aliphatic carboxylic acids is 1. The topological polar surface area (TPSA) is 128 Å². The molecule has 6 N–H and O–H groups in total. The monoisotopic (exact) mass is 284 g/mol. The van der Waals surface area contributed by atoms with Crippen LogP contribution in [0.3, 0.4) is 0 Å². The zero-order valence-electron chi connectivity index (χ0n) is 11.7. The highest BCUT2D eigenvalue weighted by molar-refractivity contribution is 5.83. The minimum Gasteiger partial charge on any atom is -0.480 e. The average Bonchev–Trinajstić information content (AvgIpc) is 2.85. The Kier molecular flexibility index (Phi) is 6.83. The molecule has 1 amide bonds. The van der Waals surface area contributed by atoms with Crippen LogP contribution < -0.4 is 16.4 Å². The van der Waals surface area contributed by atoms with Crippen LogP contribution in [0, 0.1) is 11.3 Å². The normalized spacial score (nSPS) is 16.6. The van der Waals surface area contributed by atoms with Crippen LogP contribution in [-0.2, 0) is 9.59 Å². The third kappa shape index (κ3) is 6.40. The number of rotatable bonds is 8. The largest absolute Gasteiger partial charge is 0.480 e. The van der Waals surface area contributed by atoms with Gasteiger partial charge in [-0.05, 0) is 31.6 Å². The highest BCUT2D eigenvalue weighted by atomic mass is 16.4. The summed E-state index contributed by atoms with van der Waals surface area (Å²) < 4.78 is 0. The smallest absolute Gasteiger partial charge is 0.326 e. The van der Waals surface area contributed by atoms with Gasteiger partial charge in [0.1, 0.15) is 6.04 Å². The molecule has 20 heavy (non-hydrogen) atoms. The van der Waals surface area contributed by atoms with Crippen molar-refractivity contribution >= 4 is 17.8 Å². The lowest BCUT2D eigenvalue weighted by Gasteiger charge is -2.16. The molecular weight excluding hydrogens is 260 g/mol. The number of carbonyl (C=O) groups excluding carboxylic acids is 1. The van der Waals surface area contributed by atoms with Crippen molar-refractivity contribution in [2.75, 3.05) is 6.54 Å². The molecule has 0 heterocycles. The second kappa shape index (κ2) is 8.39. The quantitative estimate of drug-likeness (QED) is 0.250. The molecule has 1 fully saturated rings. The van der Waals surface area contributed by atoms with Gasteiger partial charge in [0, 0.05) is 13.0 Å². The molecule has 7 nitrogen and oxygen atoms in total. The van der Waals surface area contributed by atoms with Crippen LogP contribution in [0.5, 0.6) is 0 Å². The van der Waals surface area contributed by atoms with Gasteiger partial charge in [-0.15, -0.1) is 0 Å². The van der Waals surface area contributed by atoms with E-state index in [2.05, 4.69) is 10.6 Å². The first-order valence-electron chi connectivity index (χ1n) is 7.09. The number of guanidine groups is 1. The van der Waals surface area contributed by atoms with E-state index in [1.54, 1.807) is 0 Å². The molecule has 1 atom stereocenters. The van der Waals surface area contributed by atoms with Crippen molar-refractivity contribution in [1.29, 1.82) is 5.41 Å². The van der Waals surface area contributed by atoms with Gasteiger partial charge < -0.3 is 21.5 Å². The van der Waals surface area contributed by atoms with Crippen molar-refractivity contribution in [3.8, 4) is 0 Å². The summed E-state index contributed by atoms with van der Waals surface area (Å²) in [5.41, 5.74) is 5.13. The number of nitrogens with two attached hydrogens (primary N) is 1. The number of carboxylic acid groups (broad SMARTS) is 1. The minimum atomic E-state index is -1.02. The van der Waals surface area contributed by atoms with Gasteiger partial charge in [-0.3, -0.25) is 10.2 Å². The first-order valence-corrected chi connectivity index (χ1v) is 7.09. The van der Waals surface area contributed by atoms with Gasteiger partial charge in [-0.1, -0.05) is 12.8 Å². The van der Waals surface area contributed by atoms with Crippen LogP contribution >= 0.6 is 0 Å². The maximum Gasteiger partial charge on any atom is 0.326 e. The second-order valence-electron chi connectivity index (χ2n) is 5.30. The van der Waals surface area contributed by atoms with E-state index in [1.807, 2.05) is 0 Å². The molecule has 0 saturated heterocycles. The molecule has 0 aliphatic heterocycles. The van der Waals surface area contributed by atoms with E-state index in [-0.39, 0.29) is 11.9 Å². The van der Waals surface area contributed by atoms with Gasteiger partial charge in [0.2, 0.25) is 5.91 Å². The summed E-state index contributed by atoms with van der Waals surface area (Å²) in [4.78, 5) is 22.9. The second-order valence-corrected chi connectivity index (χ2v) is 5.30. The Morgan fingerprint density at radius 3 is 2.55 bits per heavy atom. The number of hydrogen-bond acceptors (Lipinski definition) is 3. The van der Waals surface area contributed by atoms with Crippen molar-refractivity contribution in [2.45, 2.75) is 51.0 Å². The fraction of sp³-hybridized carbons (Fsp3) is 0.769. The van der Waals surface area contributed by atoms with Crippen LogP contribution in [0.15, 0.2) is 0 Å². The molecule has 0 spiro atoms. The zero-order valence-corrected chi connectivity index (χ0v) is 11.7. The zero-order chi connectivity index (χ0) is 15.0. The molecule has 1 aliphatic rings. The molecule has 0 aromatic carbocycles. The van der Waals surface area contributed by atoms with Gasteiger partial charge in [0.05, 0.1) is 0 Å². The Morgan fingerprint density at radius 2 is 2.00 bits per heavy atom. The van der Waals surface area contributed by atoms with Crippen molar-refractivity contribution in [3.63, 3.8) is 0 Å². The van der Waals surface area contributed by atoms with E-state index in [9.17, 15) is 9.59 Å². The standard InChI is InChI=1S/C13H24N4O3/c14-13(15)16-7-3-6-10(12(19)20)17-11(18)8-9-4-1-2-5-9/h9-10H,1-8H2,(H,17,18)(H,19,20)(H4,14,15,16)/t10-/m0/s1. The summed E-state index contributed by atoms with van der Waals surface area (Å²) in [6.45, 7) is 0.428. The minimum absolute atomic E-state index is 0.137. The van der Waals surface area contributed by atoms with Gasteiger partial charge in [-0.2, -0.15) is 0 Å². The Hall–Kier alpha value is -1.79. The number of hydrogen-bond donors (Lipinski definition) is 5. The van der Waals surface area contributed by atoms with E-state index in [0.29, 0.717) is 31.7 Å². The van der Waals surface area contributed by atoms with Gasteiger partial charge in [-0.25, -0.2) is 4.79 Å². The van der Waals surface area contributed by atoms with Crippen molar-refractivity contribution < 1.29 is 14.7 Å². The molecule has 114 valence electrons. The van der Waals surface area contributed by atoms with E-state index >= 15 is 0 Å². The fourth-order valence-electron chi connectivity index (χ4n) is 2.52. The third-order valence-electron chi connectivity index (χ3n) is 3.57. The molecule has 7 heteroatoms. The third-order valence-corrected chi connectivity index (χ3v) is 3.57. The lowest BCUT2D eigenvalue weighted by molar-refractivity contribution is -0.142. The molecule has 0 bridgehead atoms. The van der Waals surface area contributed by atoms with Crippen molar-refractivity contribution in [2.24, 2.45) is 11.7 Å². The van der Waals surface area contributed by atoms with E-state index in [1.165, 1.54) is 0 Å². The number of carbonyl (C=O) groups is 2. The average molecular weight is 284 g/mol. The van der Waals surface area contributed by atoms with Crippen LogP contribution in [0.25, 0.3) is 0 Å². The lowest BCUT2D eigenvalue weighted by Crippen LogP contribution is -2.42. The summed E-state index contributed by atoms with van der Waals surface area (Å²) in [6.07, 6.45) is 5.73. The molecule has 0 aromatic heterocycles. The molecular formula is C13H24N4O3. The highest BCUT2D eigenvalue weighted by Gasteiger charge is 2.23. The maximum atomic E-state index is 11.8. The van der Waals surface area contributed by atoms with Crippen molar-refractivity contribution in [1.82, 2.24) is 10.6 Å². The molecule has 0 aromatic rings. The summed E-state index contributed by atoms with van der Waals surface area (Å²) >= 11 is 0.